The van der Waals surface area contributed by atoms with Crippen LogP contribution in [0, 0.1) is 5.82 Å². The van der Waals surface area contributed by atoms with Crippen molar-refractivity contribution in [3.05, 3.63) is 34.1 Å². The highest BCUT2D eigenvalue weighted by Crippen LogP contribution is 2.23. The first-order valence-electron chi connectivity index (χ1n) is 5.51. The summed E-state index contributed by atoms with van der Waals surface area (Å²) in [5.41, 5.74) is 0.755. The third kappa shape index (κ3) is 5.87. The largest absolute Gasteiger partial charge is 0.460 e. The van der Waals surface area contributed by atoms with Crippen molar-refractivity contribution in [2.75, 3.05) is 5.75 Å². The van der Waals surface area contributed by atoms with Crippen LogP contribution < -0.4 is 0 Å². The average molecular weight is 335 g/mol. The molecule has 0 spiro atoms. The molecule has 100 valence electrons. The van der Waals surface area contributed by atoms with Crippen molar-refractivity contribution < 1.29 is 13.9 Å². The van der Waals surface area contributed by atoms with Gasteiger partial charge in [0.05, 0.1) is 5.75 Å². The van der Waals surface area contributed by atoms with E-state index in [0.717, 1.165) is 5.56 Å². The predicted molar refractivity (Wildman–Crippen MR) is 76.1 cm³/mol. The molecule has 0 radical (unpaired) electrons. The van der Waals surface area contributed by atoms with Crippen LogP contribution in [0.25, 0.3) is 0 Å². The number of benzene rings is 1. The molecule has 1 rings (SSSR count). The van der Waals surface area contributed by atoms with Crippen molar-refractivity contribution in [3.63, 3.8) is 0 Å². The fraction of sp³-hybridized carbons (Fsp3) is 0.462. The molecule has 0 saturated carbocycles. The standard InChI is InChI=1S/C13H16BrFO2S/c1-13(2,3)18-8-12(16)17-7-9-4-5-10(15)6-11(9)14/h4-6H,7-8H2,1-3H3. The van der Waals surface area contributed by atoms with Crippen molar-refractivity contribution in [2.45, 2.75) is 32.1 Å². The van der Waals surface area contributed by atoms with E-state index >= 15 is 0 Å². The summed E-state index contributed by atoms with van der Waals surface area (Å²) in [7, 11) is 0. The zero-order chi connectivity index (χ0) is 13.8. The lowest BCUT2D eigenvalue weighted by molar-refractivity contribution is -0.141. The molecule has 0 unspecified atom stereocenters. The fourth-order valence-corrected chi connectivity index (χ4v) is 2.21. The predicted octanol–water partition coefficient (Wildman–Crippen LogP) is 4.16. The van der Waals surface area contributed by atoms with Crippen molar-refractivity contribution in [1.82, 2.24) is 0 Å². The lowest BCUT2D eigenvalue weighted by atomic mass is 10.2. The first kappa shape index (κ1) is 15.5. The van der Waals surface area contributed by atoms with Gasteiger partial charge >= 0.3 is 5.97 Å². The van der Waals surface area contributed by atoms with E-state index in [4.69, 9.17) is 4.74 Å². The van der Waals surface area contributed by atoms with Gasteiger partial charge in [0, 0.05) is 14.8 Å². The van der Waals surface area contributed by atoms with Crippen LogP contribution in [0.4, 0.5) is 4.39 Å². The number of carbonyl (C=O) groups excluding carboxylic acids is 1. The number of hydrogen-bond acceptors (Lipinski definition) is 3. The molecule has 0 heterocycles. The summed E-state index contributed by atoms with van der Waals surface area (Å²) in [5, 5.41) is 0. The van der Waals surface area contributed by atoms with Crippen LogP contribution in [0.5, 0.6) is 0 Å². The maximum atomic E-state index is 12.9. The third-order valence-electron chi connectivity index (χ3n) is 2.03. The molecule has 0 fully saturated rings. The van der Waals surface area contributed by atoms with Gasteiger partial charge in [0.25, 0.3) is 0 Å². The van der Waals surface area contributed by atoms with Gasteiger partial charge in [0.1, 0.15) is 12.4 Å². The Morgan fingerprint density at radius 2 is 2.11 bits per heavy atom. The number of carbonyl (C=O) groups is 1. The second-order valence-corrected chi connectivity index (χ2v) is 7.45. The van der Waals surface area contributed by atoms with Gasteiger partial charge in [-0.3, -0.25) is 4.79 Å². The summed E-state index contributed by atoms with van der Waals surface area (Å²) in [6.07, 6.45) is 0. The normalized spacial score (nSPS) is 11.4. The smallest absolute Gasteiger partial charge is 0.316 e. The van der Waals surface area contributed by atoms with E-state index in [2.05, 4.69) is 15.9 Å². The summed E-state index contributed by atoms with van der Waals surface area (Å²) in [6, 6.07) is 4.30. The molecule has 0 aromatic heterocycles. The number of rotatable bonds is 4. The van der Waals surface area contributed by atoms with Crippen LogP contribution in [-0.2, 0) is 16.1 Å². The molecule has 0 atom stereocenters. The Hall–Kier alpha value is -0.550. The molecule has 0 amide bonds. The summed E-state index contributed by atoms with van der Waals surface area (Å²) < 4.78 is 18.6. The molecule has 0 bridgehead atoms. The van der Waals surface area contributed by atoms with Crippen LogP contribution in [0.1, 0.15) is 26.3 Å². The van der Waals surface area contributed by atoms with Crippen molar-refractivity contribution in [2.24, 2.45) is 0 Å². The summed E-state index contributed by atoms with van der Waals surface area (Å²) in [4.78, 5) is 11.5. The summed E-state index contributed by atoms with van der Waals surface area (Å²) in [5.74, 6) is -0.256. The van der Waals surface area contributed by atoms with E-state index in [1.807, 2.05) is 20.8 Å². The van der Waals surface area contributed by atoms with E-state index in [9.17, 15) is 9.18 Å². The van der Waals surface area contributed by atoms with Crippen molar-refractivity contribution >= 4 is 33.7 Å². The maximum Gasteiger partial charge on any atom is 0.316 e. The van der Waals surface area contributed by atoms with Gasteiger partial charge in [-0.2, -0.15) is 0 Å². The summed E-state index contributed by atoms with van der Waals surface area (Å²) >= 11 is 4.77. The number of hydrogen-bond donors (Lipinski definition) is 0. The second-order valence-electron chi connectivity index (χ2n) is 4.80. The quantitative estimate of drug-likeness (QED) is 0.773. The Balaban J connectivity index is 2.43. The average Bonchev–Trinajstić information content (AvgIpc) is 2.24. The van der Waals surface area contributed by atoms with Gasteiger partial charge in [0.15, 0.2) is 0 Å². The zero-order valence-corrected chi connectivity index (χ0v) is 13.0. The van der Waals surface area contributed by atoms with E-state index in [-0.39, 0.29) is 23.1 Å². The van der Waals surface area contributed by atoms with Gasteiger partial charge in [-0.1, -0.05) is 42.8 Å². The lowest BCUT2D eigenvalue weighted by Crippen LogP contribution is -2.15. The molecule has 0 aliphatic rings. The van der Waals surface area contributed by atoms with E-state index in [0.29, 0.717) is 10.2 Å². The van der Waals surface area contributed by atoms with Gasteiger partial charge < -0.3 is 4.74 Å². The number of halogens is 2. The molecular formula is C13H16BrFO2S. The molecule has 0 N–H and O–H groups in total. The number of ether oxygens (including phenoxy) is 1. The molecule has 0 aliphatic carbocycles. The molecule has 1 aromatic rings. The van der Waals surface area contributed by atoms with Crippen LogP contribution in [0.15, 0.2) is 22.7 Å². The minimum atomic E-state index is -0.319. The van der Waals surface area contributed by atoms with Crippen LogP contribution >= 0.6 is 27.7 Å². The van der Waals surface area contributed by atoms with Crippen molar-refractivity contribution in [1.29, 1.82) is 0 Å². The van der Waals surface area contributed by atoms with Crippen LogP contribution in [-0.4, -0.2) is 16.5 Å². The van der Waals surface area contributed by atoms with Gasteiger partial charge in [-0.15, -0.1) is 11.8 Å². The molecule has 0 aliphatic heterocycles. The Morgan fingerprint density at radius 1 is 1.44 bits per heavy atom. The van der Waals surface area contributed by atoms with E-state index < -0.39 is 0 Å². The van der Waals surface area contributed by atoms with Gasteiger partial charge in [-0.05, 0) is 12.1 Å². The topological polar surface area (TPSA) is 26.3 Å². The fourth-order valence-electron chi connectivity index (χ4n) is 1.11. The molecule has 2 nitrogen and oxygen atoms in total. The first-order valence-corrected chi connectivity index (χ1v) is 7.29. The Labute approximate surface area is 119 Å². The molecular weight excluding hydrogens is 319 g/mol. The Bertz CT molecular complexity index is 429. The van der Waals surface area contributed by atoms with Crippen molar-refractivity contribution in [3.8, 4) is 0 Å². The molecule has 0 saturated heterocycles. The van der Waals surface area contributed by atoms with Gasteiger partial charge in [-0.25, -0.2) is 4.39 Å². The first-order chi connectivity index (χ1) is 8.28. The lowest BCUT2D eigenvalue weighted by Gasteiger charge is -2.16. The monoisotopic (exact) mass is 334 g/mol. The zero-order valence-electron chi connectivity index (χ0n) is 10.6. The minimum Gasteiger partial charge on any atom is -0.460 e. The van der Waals surface area contributed by atoms with Crippen LogP contribution in [0.3, 0.4) is 0 Å². The van der Waals surface area contributed by atoms with Gasteiger partial charge in [0.2, 0.25) is 0 Å². The van der Waals surface area contributed by atoms with Crippen LogP contribution in [0.2, 0.25) is 0 Å². The second kappa shape index (κ2) is 6.57. The highest BCUT2D eigenvalue weighted by atomic mass is 79.9. The molecule has 1 aromatic carbocycles. The number of esters is 1. The van der Waals surface area contributed by atoms with E-state index in [1.54, 1.807) is 6.07 Å². The van der Waals surface area contributed by atoms with E-state index in [1.165, 1.54) is 23.9 Å². The number of thioether (sulfide) groups is 1. The highest BCUT2D eigenvalue weighted by molar-refractivity contribution is 9.10. The highest BCUT2D eigenvalue weighted by Gasteiger charge is 2.14. The third-order valence-corrected chi connectivity index (χ3v) is 4.01. The summed E-state index contributed by atoms with van der Waals surface area (Å²) in [6.45, 7) is 6.29. The maximum absolute atomic E-state index is 12.9. The molecule has 5 heteroatoms. The Kier molecular flexibility index (Phi) is 5.66. The minimum absolute atomic E-state index is 0.0372. The molecule has 18 heavy (non-hydrogen) atoms. The SMILES string of the molecule is CC(C)(C)SCC(=O)OCc1ccc(F)cc1Br. The Morgan fingerprint density at radius 3 is 2.67 bits per heavy atom.